The molecule has 0 aliphatic heterocycles. The molecule has 0 atom stereocenters. The largest absolute Gasteiger partial charge is 0.324 e. The van der Waals surface area contributed by atoms with Gasteiger partial charge < -0.3 is 5.32 Å². The molecule has 2 aromatic heterocycles. The maximum Gasteiger partial charge on any atom is 0.227 e. The molecule has 0 aliphatic carbocycles. The van der Waals surface area contributed by atoms with Crippen molar-refractivity contribution in [1.82, 2.24) is 24.7 Å². The summed E-state index contributed by atoms with van der Waals surface area (Å²) in [6.45, 7) is 0.784. The second kappa shape index (κ2) is 8.10. The standard InChI is InChI=1S/C21H17N7/c22-12-18-13-24-21(27-20(18)17-4-2-1-3-5-17)26-19-8-6-16(7-9-19)10-11-28-15-23-14-25-28/h1-9,13-15H,10-11H2,(H,24,26,27). The zero-order valence-corrected chi connectivity index (χ0v) is 15.0. The van der Waals surface area contributed by atoms with Gasteiger partial charge in [0.25, 0.3) is 0 Å². The minimum absolute atomic E-state index is 0.445. The van der Waals surface area contributed by atoms with Crippen LogP contribution >= 0.6 is 0 Å². The summed E-state index contributed by atoms with van der Waals surface area (Å²) >= 11 is 0. The van der Waals surface area contributed by atoms with E-state index in [-0.39, 0.29) is 0 Å². The molecule has 7 heteroatoms. The molecule has 0 amide bonds. The minimum atomic E-state index is 0.445. The molecule has 0 unspecified atom stereocenters. The van der Waals surface area contributed by atoms with E-state index in [4.69, 9.17) is 0 Å². The fraction of sp³-hybridized carbons (Fsp3) is 0.0952. The maximum atomic E-state index is 9.35. The third kappa shape index (κ3) is 4.02. The average molecular weight is 367 g/mol. The highest BCUT2D eigenvalue weighted by atomic mass is 15.3. The van der Waals surface area contributed by atoms with Crippen molar-refractivity contribution in [3.8, 4) is 17.3 Å². The van der Waals surface area contributed by atoms with E-state index in [2.05, 4.69) is 43.6 Å². The van der Waals surface area contributed by atoms with Gasteiger partial charge in [-0.2, -0.15) is 10.4 Å². The molecule has 0 saturated heterocycles. The summed E-state index contributed by atoms with van der Waals surface area (Å²) in [6, 6.07) is 19.9. The summed E-state index contributed by atoms with van der Waals surface area (Å²) in [5, 5.41) is 16.7. The maximum absolute atomic E-state index is 9.35. The summed E-state index contributed by atoms with van der Waals surface area (Å²) in [4.78, 5) is 12.7. The Hall–Kier alpha value is -4.05. The normalized spacial score (nSPS) is 10.4. The number of anilines is 2. The van der Waals surface area contributed by atoms with E-state index < -0.39 is 0 Å². The number of rotatable bonds is 6. The van der Waals surface area contributed by atoms with E-state index in [0.29, 0.717) is 17.2 Å². The van der Waals surface area contributed by atoms with Crippen molar-refractivity contribution >= 4 is 11.6 Å². The van der Waals surface area contributed by atoms with Crippen LogP contribution in [-0.4, -0.2) is 24.7 Å². The van der Waals surface area contributed by atoms with Crippen LogP contribution in [0.3, 0.4) is 0 Å². The lowest BCUT2D eigenvalue weighted by molar-refractivity contribution is 0.613. The molecule has 2 heterocycles. The molecule has 1 N–H and O–H groups in total. The van der Waals surface area contributed by atoms with E-state index in [1.54, 1.807) is 12.5 Å². The Bertz CT molecular complexity index is 1080. The van der Waals surface area contributed by atoms with Gasteiger partial charge in [-0.05, 0) is 24.1 Å². The monoisotopic (exact) mass is 367 g/mol. The Balaban J connectivity index is 1.49. The molecule has 0 radical (unpaired) electrons. The first kappa shape index (κ1) is 17.4. The van der Waals surface area contributed by atoms with Crippen LogP contribution in [-0.2, 0) is 13.0 Å². The van der Waals surface area contributed by atoms with Gasteiger partial charge in [-0.25, -0.2) is 15.0 Å². The second-order valence-corrected chi connectivity index (χ2v) is 6.16. The first-order chi connectivity index (χ1) is 13.8. The van der Waals surface area contributed by atoms with Crippen LogP contribution in [0.15, 0.2) is 73.4 Å². The van der Waals surface area contributed by atoms with Gasteiger partial charge in [-0.15, -0.1) is 0 Å². The summed E-state index contributed by atoms with van der Waals surface area (Å²) < 4.78 is 1.81. The van der Waals surface area contributed by atoms with Gasteiger partial charge in [-0.3, -0.25) is 4.68 Å². The van der Waals surface area contributed by atoms with Crippen molar-refractivity contribution in [2.24, 2.45) is 0 Å². The number of nitriles is 1. The molecule has 2 aromatic carbocycles. The van der Waals surface area contributed by atoms with Gasteiger partial charge >= 0.3 is 0 Å². The van der Waals surface area contributed by atoms with Crippen LogP contribution in [0.2, 0.25) is 0 Å². The number of hydrogen-bond acceptors (Lipinski definition) is 6. The fourth-order valence-electron chi connectivity index (χ4n) is 2.82. The van der Waals surface area contributed by atoms with E-state index >= 15 is 0 Å². The Morgan fingerprint density at radius 2 is 1.86 bits per heavy atom. The molecular formula is C21H17N7. The minimum Gasteiger partial charge on any atom is -0.324 e. The Morgan fingerprint density at radius 3 is 2.57 bits per heavy atom. The van der Waals surface area contributed by atoms with Gasteiger partial charge in [0.05, 0.1) is 17.5 Å². The number of nitrogens with one attached hydrogen (secondary N) is 1. The SMILES string of the molecule is N#Cc1cnc(Nc2ccc(CCn3cncn3)cc2)nc1-c1ccccc1. The van der Waals surface area contributed by atoms with Crippen LogP contribution in [0.1, 0.15) is 11.1 Å². The smallest absolute Gasteiger partial charge is 0.227 e. The number of nitrogens with zero attached hydrogens (tertiary/aromatic N) is 6. The van der Waals surface area contributed by atoms with Gasteiger partial charge in [0.2, 0.25) is 5.95 Å². The molecule has 7 nitrogen and oxygen atoms in total. The molecule has 0 fully saturated rings. The van der Waals surface area contributed by atoms with Crippen molar-refractivity contribution in [1.29, 1.82) is 5.26 Å². The lowest BCUT2D eigenvalue weighted by atomic mass is 10.1. The van der Waals surface area contributed by atoms with E-state index in [0.717, 1.165) is 24.2 Å². The van der Waals surface area contributed by atoms with Crippen LogP contribution in [0.25, 0.3) is 11.3 Å². The van der Waals surface area contributed by atoms with E-state index in [1.165, 1.54) is 11.9 Å². The molecule has 28 heavy (non-hydrogen) atoms. The second-order valence-electron chi connectivity index (χ2n) is 6.16. The molecule has 0 bridgehead atoms. The van der Waals surface area contributed by atoms with Crippen molar-refractivity contribution in [3.05, 3.63) is 84.6 Å². The highest BCUT2D eigenvalue weighted by Crippen LogP contribution is 2.23. The number of hydrogen-bond donors (Lipinski definition) is 1. The summed E-state index contributed by atoms with van der Waals surface area (Å²) in [6.07, 6.45) is 5.66. The van der Waals surface area contributed by atoms with Crippen LogP contribution in [0.4, 0.5) is 11.6 Å². The topological polar surface area (TPSA) is 92.3 Å². The summed E-state index contributed by atoms with van der Waals surface area (Å²) in [5.74, 6) is 0.452. The van der Waals surface area contributed by atoms with Crippen LogP contribution in [0.5, 0.6) is 0 Å². The highest BCUT2D eigenvalue weighted by Gasteiger charge is 2.09. The third-order valence-electron chi connectivity index (χ3n) is 4.26. The van der Waals surface area contributed by atoms with Gasteiger partial charge in [0.1, 0.15) is 18.7 Å². The van der Waals surface area contributed by atoms with Crippen LogP contribution < -0.4 is 5.32 Å². The molecule has 4 aromatic rings. The first-order valence-electron chi connectivity index (χ1n) is 8.83. The summed E-state index contributed by atoms with van der Waals surface area (Å²) in [7, 11) is 0. The molecule has 0 saturated carbocycles. The average Bonchev–Trinajstić information content (AvgIpc) is 3.28. The highest BCUT2D eigenvalue weighted by molar-refractivity contribution is 5.68. The summed E-state index contributed by atoms with van der Waals surface area (Å²) in [5.41, 5.74) is 4.03. The quantitative estimate of drug-likeness (QED) is 0.560. The third-order valence-corrected chi connectivity index (χ3v) is 4.26. The van der Waals surface area contributed by atoms with Gasteiger partial charge in [0.15, 0.2) is 0 Å². The lowest BCUT2D eigenvalue weighted by Crippen LogP contribution is -2.02. The molecule has 4 rings (SSSR count). The number of aromatic nitrogens is 5. The van der Waals surface area contributed by atoms with Crippen molar-refractivity contribution in [2.45, 2.75) is 13.0 Å². The van der Waals surface area contributed by atoms with Crippen molar-refractivity contribution in [3.63, 3.8) is 0 Å². The van der Waals surface area contributed by atoms with E-state index in [9.17, 15) is 5.26 Å². The molecule has 0 aliphatic rings. The Morgan fingerprint density at radius 1 is 1.04 bits per heavy atom. The predicted molar refractivity (Wildman–Crippen MR) is 106 cm³/mol. The number of aryl methyl sites for hydroxylation is 2. The molecular weight excluding hydrogens is 350 g/mol. The van der Waals surface area contributed by atoms with Crippen molar-refractivity contribution in [2.75, 3.05) is 5.32 Å². The zero-order chi connectivity index (χ0) is 19.2. The number of benzene rings is 2. The first-order valence-corrected chi connectivity index (χ1v) is 8.83. The van der Waals surface area contributed by atoms with Gasteiger partial charge in [0, 0.05) is 17.8 Å². The molecule has 136 valence electrons. The predicted octanol–water partition coefficient (Wildman–Crippen LogP) is 3.59. The van der Waals surface area contributed by atoms with Gasteiger partial charge in [-0.1, -0.05) is 42.5 Å². The Labute approximate surface area is 162 Å². The Kier molecular flexibility index (Phi) is 5.02. The lowest BCUT2D eigenvalue weighted by Gasteiger charge is -2.09. The van der Waals surface area contributed by atoms with E-state index in [1.807, 2.05) is 47.1 Å². The zero-order valence-electron chi connectivity index (χ0n) is 15.0. The molecule has 0 spiro atoms. The van der Waals surface area contributed by atoms with Crippen LogP contribution in [0, 0.1) is 11.3 Å². The fourth-order valence-corrected chi connectivity index (χ4v) is 2.82. The van der Waals surface area contributed by atoms with Crippen molar-refractivity contribution < 1.29 is 0 Å².